The number of aryl methyl sites for hydroxylation is 1. The standard InChI is InChI=1S/C26H26N2O2/c1-19-13-15-20(16-14-19)18-28-17-7-12-24(28)26(30)27-23-11-6-5-10-22(23)25(29)21-8-3-2-4-9-21/h2-6,8-11,13-16,24H,7,12,17-18H2,1H3,(H,27,30)/t24-/m0/s1. The van der Waals surface area contributed by atoms with Crippen molar-refractivity contribution in [2.24, 2.45) is 0 Å². The maximum absolute atomic E-state index is 13.1. The predicted molar refractivity (Wildman–Crippen MR) is 120 cm³/mol. The summed E-state index contributed by atoms with van der Waals surface area (Å²) in [4.78, 5) is 28.3. The molecule has 0 aliphatic carbocycles. The zero-order valence-electron chi connectivity index (χ0n) is 17.2. The van der Waals surface area contributed by atoms with Gasteiger partial charge in [0.2, 0.25) is 5.91 Å². The Labute approximate surface area is 177 Å². The molecule has 4 nitrogen and oxygen atoms in total. The Bertz CT molecular complexity index is 1030. The topological polar surface area (TPSA) is 49.4 Å². The van der Waals surface area contributed by atoms with Crippen molar-refractivity contribution in [2.45, 2.75) is 32.4 Å². The quantitative estimate of drug-likeness (QED) is 0.605. The Morgan fingerprint density at radius 2 is 1.63 bits per heavy atom. The second-order valence-corrected chi connectivity index (χ2v) is 7.84. The molecule has 1 aliphatic rings. The molecule has 0 aromatic heterocycles. The number of rotatable bonds is 6. The summed E-state index contributed by atoms with van der Waals surface area (Å²) in [5.41, 5.74) is 4.13. The molecule has 1 amide bonds. The van der Waals surface area contributed by atoms with Crippen LogP contribution in [-0.2, 0) is 11.3 Å². The first kappa shape index (κ1) is 20.0. The minimum atomic E-state index is -0.189. The Morgan fingerprint density at radius 3 is 2.40 bits per heavy atom. The minimum absolute atomic E-state index is 0.0482. The van der Waals surface area contributed by atoms with Gasteiger partial charge in [0.1, 0.15) is 0 Å². The van der Waals surface area contributed by atoms with Crippen molar-refractivity contribution < 1.29 is 9.59 Å². The molecule has 4 heteroatoms. The number of carbonyl (C=O) groups is 2. The number of likely N-dealkylation sites (tertiary alicyclic amines) is 1. The lowest BCUT2D eigenvalue weighted by atomic mass is 10.0. The van der Waals surface area contributed by atoms with Gasteiger partial charge in [-0.15, -0.1) is 0 Å². The molecule has 4 rings (SSSR count). The molecule has 0 spiro atoms. The van der Waals surface area contributed by atoms with Gasteiger partial charge in [0.05, 0.1) is 11.7 Å². The van der Waals surface area contributed by atoms with Crippen molar-refractivity contribution in [3.8, 4) is 0 Å². The zero-order chi connectivity index (χ0) is 20.9. The third-order valence-electron chi connectivity index (χ3n) is 5.64. The lowest BCUT2D eigenvalue weighted by Gasteiger charge is -2.24. The van der Waals surface area contributed by atoms with E-state index in [0.29, 0.717) is 16.8 Å². The highest BCUT2D eigenvalue weighted by Gasteiger charge is 2.31. The SMILES string of the molecule is Cc1ccc(CN2CCC[C@H]2C(=O)Nc2ccccc2C(=O)c2ccccc2)cc1. The van der Waals surface area contributed by atoms with Crippen LogP contribution in [0.15, 0.2) is 78.9 Å². The predicted octanol–water partition coefficient (Wildman–Crippen LogP) is 4.83. The van der Waals surface area contributed by atoms with Gasteiger partial charge < -0.3 is 5.32 Å². The number of nitrogens with one attached hydrogen (secondary N) is 1. The highest BCUT2D eigenvalue weighted by atomic mass is 16.2. The summed E-state index contributed by atoms with van der Waals surface area (Å²) in [5.74, 6) is -0.137. The van der Waals surface area contributed by atoms with Crippen molar-refractivity contribution in [1.82, 2.24) is 4.90 Å². The highest BCUT2D eigenvalue weighted by molar-refractivity contribution is 6.14. The Kier molecular flexibility index (Phi) is 6.05. The molecule has 1 N–H and O–H groups in total. The fourth-order valence-corrected chi connectivity index (χ4v) is 3.99. The van der Waals surface area contributed by atoms with Gasteiger partial charge in [0, 0.05) is 17.7 Å². The molecule has 152 valence electrons. The number of para-hydroxylation sites is 1. The number of anilines is 1. The van der Waals surface area contributed by atoms with E-state index < -0.39 is 0 Å². The number of nitrogens with zero attached hydrogens (tertiary/aromatic N) is 1. The molecule has 1 heterocycles. The third-order valence-corrected chi connectivity index (χ3v) is 5.64. The van der Waals surface area contributed by atoms with Crippen LogP contribution >= 0.6 is 0 Å². The molecular formula is C26H26N2O2. The third kappa shape index (κ3) is 4.50. The van der Waals surface area contributed by atoms with Gasteiger partial charge in [-0.25, -0.2) is 0 Å². The van der Waals surface area contributed by atoms with E-state index in [1.54, 1.807) is 24.3 Å². The Hall–Kier alpha value is -3.24. The van der Waals surface area contributed by atoms with Gasteiger partial charge >= 0.3 is 0 Å². The number of hydrogen-bond donors (Lipinski definition) is 1. The van der Waals surface area contributed by atoms with Crippen LogP contribution in [0.3, 0.4) is 0 Å². The van der Waals surface area contributed by atoms with Crippen molar-refractivity contribution in [2.75, 3.05) is 11.9 Å². The molecule has 30 heavy (non-hydrogen) atoms. The summed E-state index contributed by atoms with van der Waals surface area (Å²) >= 11 is 0. The number of ketones is 1. The van der Waals surface area contributed by atoms with Gasteiger partial charge in [-0.3, -0.25) is 14.5 Å². The van der Waals surface area contributed by atoms with E-state index in [2.05, 4.69) is 41.4 Å². The van der Waals surface area contributed by atoms with Gasteiger partial charge in [0.25, 0.3) is 0 Å². The molecule has 0 radical (unpaired) electrons. The van der Waals surface area contributed by atoms with E-state index in [9.17, 15) is 9.59 Å². The highest BCUT2D eigenvalue weighted by Crippen LogP contribution is 2.24. The van der Waals surface area contributed by atoms with Crippen LogP contribution in [0.5, 0.6) is 0 Å². The fraction of sp³-hybridized carbons (Fsp3) is 0.231. The summed E-state index contributed by atoms with van der Waals surface area (Å²) in [5, 5.41) is 3.03. The molecule has 0 bridgehead atoms. The van der Waals surface area contributed by atoms with Crippen LogP contribution in [0.4, 0.5) is 5.69 Å². The van der Waals surface area contributed by atoms with Crippen LogP contribution in [-0.4, -0.2) is 29.2 Å². The first-order chi connectivity index (χ1) is 14.6. The van der Waals surface area contributed by atoms with Crippen molar-refractivity contribution in [3.05, 3.63) is 101 Å². The molecule has 1 atom stereocenters. The maximum Gasteiger partial charge on any atom is 0.241 e. The minimum Gasteiger partial charge on any atom is -0.324 e. The number of hydrogen-bond acceptors (Lipinski definition) is 3. The molecular weight excluding hydrogens is 372 g/mol. The van der Waals surface area contributed by atoms with Gasteiger partial charge in [-0.2, -0.15) is 0 Å². The molecule has 1 saturated heterocycles. The van der Waals surface area contributed by atoms with E-state index in [-0.39, 0.29) is 17.7 Å². The number of benzene rings is 3. The summed E-state index contributed by atoms with van der Waals surface area (Å²) in [6, 6.07) is 24.6. The Morgan fingerprint density at radius 1 is 0.933 bits per heavy atom. The first-order valence-corrected chi connectivity index (χ1v) is 10.4. The fourth-order valence-electron chi connectivity index (χ4n) is 3.99. The summed E-state index contributed by atoms with van der Waals surface area (Å²) in [6.07, 6.45) is 1.82. The van der Waals surface area contributed by atoms with Gasteiger partial charge in [-0.1, -0.05) is 72.3 Å². The molecule has 3 aromatic carbocycles. The molecule has 1 aliphatic heterocycles. The normalized spacial score (nSPS) is 16.4. The molecule has 1 fully saturated rings. The average molecular weight is 399 g/mol. The zero-order valence-corrected chi connectivity index (χ0v) is 17.2. The van der Waals surface area contributed by atoms with Crippen LogP contribution in [0.1, 0.15) is 39.9 Å². The Balaban J connectivity index is 1.49. The summed E-state index contributed by atoms with van der Waals surface area (Å²) in [6.45, 7) is 3.73. The van der Waals surface area contributed by atoms with E-state index in [1.807, 2.05) is 30.3 Å². The number of amides is 1. The monoisotopic (exact) mass is 398 g/mol. The maximum atomic E-state index is 13.1. The molecule has 0 unspecified atom stereocenters. The van der Waals surface area contributed by atoms with Gasteiger partial charge in [0.15, 0.2) is 5.78 Å². The van der Waals surface area contributed by atoms with E-state index in [0.717, 1.165) is 25.9 Å². The first-order valence-electron chi connectivity index (χ1n) is 10.4. The van der Waals surface area contributed by atoms with Crippen molar-refractivity contribution in [3.63, 3.8) is 0 Å². The van der Waals surface area contributed by atoms with Crippen LogP contribution < -0.4 is 5.32 Å². The average Bonchev–Trinajstić information content (AvgIpc) is 3.24. The number of carbonyl (C=O) groups excluding carboxylic acids is 2. The van der Waals surface area contributed by atoms with E-state index in [4.69, 9.17) is 0 Å². The van der Waals surface area contributed by atoms with Crippen molar-refractivity contribution >= 4 is 17.4 Å². The van der Waals surface area contributed by atoms with Crippen LogP contribution in [0.2, 0.25) is 0 Å². The summed E-state index contributed by atoms with van der Waals surface area (Å²) in [7, 11) is 0. The second kappa shape index (κ2) is 9.06. The summed E-state index contributed by atoms with van der Waals surface area (Å²) < 4.78 is 0. The van der Waals surface area contributed by atoms with Crippen LogP contribution in [0.25, 0.3) is 0 Å². The van der Waals surface area contributed by atoms with E-state index >= 15 is 0 Å². The lowest BCUT2D eigenvalue weighted by Crippen LogP contribution is -2.39. The molecule has 0 saturated carbocycles. The largest absolute Gasteiger partial charge is 0.324 e. The molecule has 3 aromatic rings. The lowest BCUT2D eigenvalue weighted by molar-refractivity contribution is -0.120. The van der Waals surface area contributed by atoms with Crippen LogP contribution in [0, 0.1) is 6.92 Å². The smallest absolute Gasteiger partial charge is 0.241 e. The van der Waals surface area contributed by atoms with Gasteiger partial charge in [-0.05, 0) is 44.0 Å². The van der Waals surface area contributed by atoms with Crippen molar-refractivity contribution in [1.29, 1.82) is 0 Å². The van der Waals surface area contributed by atoms with E-state index in [1.165, 1.54) is 11.1 Å². The second-order valence-electron chi connectivity index (χ2n) is 7.84.